The van der Waals surface area contributed by atoms with E-state index in [1.807, 2.05) is 50.3 Å². The van der Waals surface area contributed by atoms with Crippen molar-refractivity contribution in [1.82, 2.24) is 0 Å². The summed E-state index contributed by atoms with van der Waals surface area (Å²) in [4.78, 5) is 0. The lowest BCUT2D eigenvalue weighted by atomic mass is 9.82. The summed E-state index contributed by atoms with van der Waals surface area (Å²) in [5.74, 6) is 0.275. The minimum Gasteiger partial charge on any atom is -0.393 e. The normalized spacial score (nSPS) is 41.7. The topological polar surface area (TPSA) is 90.2 Å². The van der Waals surface area contributed by atoms with Gasteiger partial charge in [-0.2, -0.15) is 0 Å². The Hall–Kier alpha value is -1.50. The summed E-state index contributed by atoms with van der Waals surface area (Å²) in [6.07, 6.45) is 17.0. The average molecular weight is 519 g/mol. The Balaban J connectivity index is 3.08. The van der Waals surface area contributed by atoms with E-state index < -0.39 is 24.4 Å². The van der Waals surface area contributed by atoms with Crippen molar-refractivity contribution in [3.63, 3.8) is 0 Å². The SMILES string of the molecule is C=C/C=C\[C@H](C)[C@@H]1OC/C=C\C=C\[C@H](C)[C@@H](O)C[C@H](O)/C=C\[C@H](C)[C@H](O)[C@@H](C)C[C@@H](C)CC[C@@H](O)[C@@H]1C. The number of ether oxygens (including phenoxy) is 1. The molecule has 0 bridgehead atoms. The Morgan fingerprint density at radius 1 is 0.865 bits per heavy atom. The van der Waals surface area contributed by atoms with Gasteiger partial charge in [0.25, 0.3) is 0 Å². The van der Waals surface area contributed by atoms with Crippen LogP contribution in [0.2, 0.25) is 0 Å². The van der Waals surface area contributed by atoms with Crippen LogP contribution in [0.3, 0.4) is 0 Å². The third kappa shape index (κ3) is 12.7. The molecule has 1 aliphatic heterocycles. The maximum Gasteiger partial charge on any atom is 0.0745 e. The highest BCUT2D eigenvalue weighted by molar-refractivity contribution is 5.06. The Morgan fingerprint density at radius 3 is 2.24 bits per heavy atom. The third-order valence-electron chi connectivity index (χ3n) is 7.82. The van der Waals surface area contributed by atoms with Gasteiger partial charge >= 0.3 is 0 Å². The lowest BCUT2D eigenvalue weighted by Crippen LogP contribution is -2.36. The molecule has 0 spiro atoms. The second-order valence-electron chi connectivity index (χ2n) is 11.4. The standard InChI is InChI=1S/C32H54O5/c1-8-9-13-25(5)32-27(7)29(34)18-15-22(2)20-26(6)31(36)24(4)16-17-28(33)21-30(35)23(3)14-11-10-12-19-37-32/h8-14,16-17,22-36H,1,15,18-21H2,2-7H3/b12-10-,13-9-,14-11+,17-16-/t22-,23-,24-,25-,26-,27-,28+,29+,30-,31-,32-/m0/s1. The molecule has 1 aliphatic rings. The Bertz CT molecular complexity index is 741. The molecular formula is C32H54O5. The van der Waals surface area contributed by atoms with Crippen LogP contribution in [0.4, 0.5) is 0 Å². The van der Waals surface area contributed by atoms with Crippen molar-refractivity contribution in [3.8, 4) is 0 Å². The molecule has 0 radical (unpaired) electrons. The molecule has 0 aromatic rings. The van der Waals surface area contributed by atoms with Gasteiger partial charge in [0.15, 0.2) is 0 Å². The highest BCUT2D eigenvalue weighted by Gasteiger charge is 2.29. The zero-order valence-electron chi connectivity index (χ0n) is 24.0. The molecule has 0 fully saturated rings. The highest BCUT2D eigenvalue weighted by atomic mass is 16.5. The molecule has 0 saturated carbocycles. The van der Waals surface area contributed by atoms with Crippen molar-refractivity contribution in [3.05, 3.63) is 61.3 Å². The zero-order chi connectivity index (χ0) is 28.0. The summed E-state index contributed by atoms with van der Waals surface area (Å²) in [5, 5.41) is 42.8. The number of rotatable bonds is 3. The summed E-state index contributed by atoms with van der Waals surface area (Å²) >= 11 is 0. The molecule has 0 aliphatic carbocycles. The molecule has 5 heteroatoms. The van der Waals surface area contributed by atoms with Crippen LogP contribution in [0.15, 0.2) is 61.3 Å². The van der Waals surface area contributed by atoms with Gasteiger partial charge in [-0.25, -0.2) is 0 Å². The van der Waals surface area contributed by atoms with E-state index in [1.54, 1.807) is 12.2 Å². The average Bonchev–Trinajstić information content (AvgIpc) is 2.86. The van der Waals surface area contributed by atoms with Crippen LogP contribution in [0.5, 0.6) is 0 Å². The number of aliphatic hydroxyl groups is 4. The van der Waals surface area contributed by atoms with E-state index in [1.165, 1.54) is 0 Å². The molecule has 1 heterocycles. The van der Waals surface area contributed by atoms with Crippen molar-refractivity contribution in [2.45, 2.75) is 97.7 Å². The van der Waals surface area contributed by atoms with E-state index in [2.05, 4.69) is 40.3 Å². The number of allylic oxidation sites excluding steroid dienone is 4. The lowest BCUT2D eigenvalue weighted by Gasteiger charge is -2.32. The quantitative estimate of drug-likeness (QED) is 0.288. The number of hydrogen-bond acceptors (Lipinski definition) is 5. The molecule has 0 aromatic carbocycles. The van der Waals surface area contributed by atoms with Crippen LogP contribution in [-0.4, -0.2) is 57.6 Å². The lowest BCUT2D eigenvalue weighted by molar-refractivity contribution is -0.0412. The summed E-state index contributed by atoms with van der Waals surface area (Å²) in [6.45, 7) is 16.4. The fourth-order valence-electron chi connectivity index (χ4n) is 5.12. The fourth-order valence-corrected chi connectivity index (χ4v) is 5.12. The Labute approximate surface area is 226 Å². The smallest absolute Gasteiger partial charge is 0.0745 e. The van der Waals surface area contributed by atoms with Crippen molar-refractivity contribution < 1.29 is 25.2 Å². The molecule has 4 N–H and O–H groups in total. The van der Waals surface area contributed by atoms with Gasteiger partial charge in [-0.15, -0.1) is 0 Å². The van der Waals surface area contributed by atoms with Gasteiger partial charge in [0, 0.05) is 30.1 Å². The first kappa shape index (κ1) is 33.5. The van der Waals surface area contributed by atoms with Crippen LogP contribution in [-0.2, 0) is 4.74 Å². The monoisotopic (exact) mass is 518 g/mol. The van der Waals surface area contributed by atoms with Gasteiger partial charge in [0.2, 0.25) is 0 Å². The zero-order valence-corrected chi connectivity index (χ0v) is 24.0. The maximum absolute atomic E-state index is 11.0. The largest absolute Gasteiger partial charge is 0.393 e. The summed E-state index contributed by atoms with van der Waals surface area (Å²) in [7, 11) is 0. The Kier molecular flexibility index (Phi) is 16.2. The fraction of sp³-hybridized carbons (Fsp3) is 0.688. The molecule has 212 valence electrons. The molecule has 0 aromatic heterocycles. The predicted molar refractivity (Wildman–Crippen MR) is 154 cm³/mol. The first-order valence-electron chi connectivity index (χ1n) is 14.1. The van der Waals surface area contributed by atoms with E-state index in [9.17, 15) is 20.4 Å². The summed E-state index contributed by atoms with van der Waals surface area (Å²) < 4.78 is 6.24. The molecule has 11 atom stereocenters. The minimum absolute atomic E-state index is 0.0479. The molecule has 0 unspecified atom stereocenters. The minimum atomic E-state index is -0.769. The highest BCUT2D eigenvalue weighted by Crippen LogP contribution is 2.28. The van der Waals surface area contributed by atoms with Crippen LogP contribution in [0, 0.1) is 35.5 Å². The third-order valence-corrected chi connectivity index (χ3v) is 7.82. The van der Waals surface area contributed by atoms with Gasteiger partial charge in [0.05, 0.1) is 37.1 Å². The first-order chi connectivity index (χ1) is 17.5. The predicted octanol–water partition coefficient (Wildman–Crippen LogP) is 5.62. The van der Waals surface area contributed by atoms with Gasteiger partial charge < -0.3 is 25.2 Å². The van der Waals surface area contributed by atoms with Crippen molar-refractivity contribution in [2.75, 3.05) is 6.61 Å². The van der Waals surface area contributed by atoms with Gasteiger partial charge in [0.1, 0.15) is 0 Å². The van der Waals surface area contributed by atoms with E-state index in [4.69, 9.17) is 4.74 Å². The summed E-state index contributed by atoms with van der Waals surface area (Å²) in [5.41, 5.74) is 0. The van der Waals surface area contributed by atoms with E-state index in [-0.39, 0.29) is 42.1 Å². The van der Waals surface area contributed by atoms with E-state index in [0.29, 0.717) is 18.9 Å². The maximum atomic E-state index is 11.0. The number of aliphatic hydroxyl groups excluding tert-OH is 4. The number of hydrogen-bond donors (Lipinski definition) is 4. The molecule has 0 amide bonds. The van der Waals surface area contributed by atoms with Crippen LogP contribution in [0.1, 0.15) is 67.2 Å². The van der Waals surface area contributed by atoms with Crippen molar-refractivity contribution in [1.29, 1.82) is 0 Å². The molecule has 5 nitrogen and oxygen atoms in total. The first-order valence-corrected chi connectivity index (χ1v) is 14.1. The van der Waals surface area contributed by atoms with E-state index in [0.717, 1.165) is 12.8 Å². The summed E-state index contributed by atoms with van der Waals surface area (Å²) in [6, 6.07) is 0. The molecule has 1 rings (SSSR count). The second kappa shape index (κ2) is 17.9. The molecule has 0 saturated heterocycles. The van der Waals surface area contributed by atoms with Gasteiger partial charge in [-0.05, 0) is 31.1 Å². The van der Waals surface area contributed by atoms with Crippen molar-refractivity contribution >= 4 is 0 Å². The van der Waals surface area contributed by atoms with Crippen LogP contribution in [0.25, 0.3) is 0 Å². The Morgan fingerprint density at radius 2 is 1.57 bits per heavy atom. The van der Waals surface area contributed by atoms with Gasteiger partial charge in [-0.3, -0.25) is 0 Å². The molecule has 37 heavy (non-hydrogen) atoms. The van der Waals surface area contributed by atoms with E-state index >= 15 is 0 Å². The van der Waals surface area contributed by atoms with Gasteiger partial charge in [-0.1, -0.05) is 103 Å². The van der Waals surface area contributed by atoms with Crippen LogP contribution >= 0.6 is 0 Å². The molecular weight excluding hydrogens is 464 g/mol. The van der Waals surface area contributed by atoms with Crippen molar-refractivity contribution in [2.24, 2.45) is 35.5 Å². The second-order valence-corrected chi connectivity index (χ2v) is 11.4. The van der Waals surface area contributed by atoms with Crippen LogP contribution < -0.4 is 0 Å².